The van der Waals surface area contributed by atoms with Gasteiger partial charge in [0.1, 0.15) is 0 Å². The Morgan fingerprint density at radius 3 is 1.86 bits per heavy atom. The Hall–Kier alpha value is -1.78. The van der Waals surface area contributed by atoms with E-state index in [9.17, 15) is 16.8 Å². The quantitative estimate of drug-likeness (QED) is 0.557. The molecule has 1 heterocycles. The molecule has 0 bridgehead atoms. The summed E-state index contributed by atoms with van der Waals surface area (Å²) in [6.07, 6.45) is 0. The molecule has 1 fully saturated rings. The van der Waals surface area contributed by atoms with Crippen LogP contribution in [0.3, 0.4) is 0 Å². The average molecular weight is 495 g/mol. The molecule has 0 saturated carbocycles. The third-order valence-electron chi connectivity index (χ3n) is 5.01. The van der Waals surface area contributed by atoms with E-state index >= 15 is 0 Å². The molecule has 0 spiro atoms. The molecule has 1 saturated heterocycles. The van der Waals surface area contributed by atoms with E-state index in [0.717, 1.165) is 10.8 Å². The average Bonchev–Trinajstić information content (AvgIpc) is 2.73. The lowest BCUT2D eigenvalue weighted by Crippen LogP contribution is -2.50. The van der Waals surface area contributed by atoms with Crippen LogP contribution >= 0.6 is 15.9 Å². The smallest absolute Gasteiger partial charge is 0.207 e. The molecular formula is C20H19BrN2O4S2. The molecule has 0 unspecified atom stereocenters. The number of halogens is 1. The van der Waals surface area contributed by atoms with Crippen molar-refractivity contribution in [3.05, 3.63) is 71.2 Å². The first kappa shape index (κ1) is 20.5. The molecule has 3 aromatic carbocycles. The molecule has 0 amide bonds. The first-order chi connectivity index (χ1) is 13.8. The predicted octanol–water partition coefficient (Wildman–Crippen LogP) is 3.30. The lowest BCUT2D eigenvalue weighted by molar-refractivity contribution is 0.272. The number of nitrogens with zero attached hydrogens (tertiary/aromatic N) is 2. The molecule has 0 N–H and O–H groups in total. The van der Waals surface area contributed by atoms with Gasteiger partial charge in [-0.3, -0.25) is 0 Å². The minimum atomic E-state index is -3.69. The highest BCUT2D eigenvalue weighted by atomic mass is 79.9. The van der Waals surface area contributed by atoms with Crippen LogP contribution in [-0.4, -0.2) is 51.6 Å². The maximum Gasteiger partial charge on any atom is 0.244 e. The molecule has 0 aliphatic carbocycles. The fourth-order valence-corrected chi connectivity index (χ4v) is 7.26. The fraction of sp³-hybridized carbons (Fsp3) is 0.200. The van der Waals surface area contributed by atoms with E-state index in [4.69, 9.17) is 0 Å². The molecule has 3 aromatic rings. The number of piperazine rings is 1. The number of sulfonamides is 2. The Labute approximate surface area is 179 Å². The van der Waals surface area contributed by atoms with Gasteiger partial charge in [-0.1, -0.05) is 42.5 Å². The largest absolute Gasteiger partial charge is 0.244 e. The molecule has 9 heteroatoms. The first-order valence-corrected chi connectivity index (χ1v) is 12.7. The van der Waals surface area contributed by atoms with Crippen LogP contribution in [-0.2, 0) is 20.0 Å². The van der Waals surface area contributed by atoms with Crippen LogP contribution in [0.4, 0.5) is 0 Å². The van der Waals surface area contributed by atoms with Crippen molar-refractivity contribution < 1.29 is 16.8 Å². The molecule has 4 rings (SSSR count). The van der Waals surface area contributed by atoms with Crippen molar-refractivity contribution in [3.63, 3.8) is 0 Å². The van der Waals surface area contributed by atoms with Crippen molar-refractivity contribution in [2.45, 2.75) is 9.79 Å². The van der Waals surface area contributed by atoms with E-state index in [-0.39, 0.29) is 36.0 Å². The maximum atomic E-state index is 13.1. The Morgan fingerprint density at radius 2 is 1.21 bits per heavy atom. The Balaban J connectivity index is 1.55. The van der Waals surface area contributed by atoms with Gasteiger partial charge >= 0.3 is 0 Å². The van der Waals surface area contributed by atoms with Gasteiger partial charge in [0, 0.05) is 30.7 Å². The minimum Gasteiger partial charge on any atom is -0.207 e. The summed E-state index contributed by atoms with van der Waals surface area (Å²) in [5.74, 6) is 0. The second-order valence-electron chi connectivity index (χ2n) is 6.75. The van der Waals surface area contributed by atoms with Crippen LogP contribution in [0.5, 0.6) is 0 Å². The maximum absolute atomic E-state index is 13.1. The van der Waals surface area contributed by atoms with Gasteiger partial charge in [-0.2, -0.15) is 8.61 Å². The van der Waals surface area contributed by atoms with E-state index < -0.39 is 20.0 Å². The molecule has 152 valence electrons. The van der Waals surface area contributed by atoms with Crippen LogP contribution in [0.25, 0.3) is 10.8 Å². The lowest BCUT2D eigenvalue weighted by atomic mass is 10.1. The summed E-state index contributed by atoms with van der Waals surface area (Å²) in [6, 6.07) is 19.2. The van der Waals surface area contributed by atoms with Gasteiger partial charge in [-0.25, -0.2) is 16.8 Å². The molecule has 1 aliphatic rings. The summed E-state index contributed by atoms with van der Waals surface area (Å²) in [7, 11) is -7.38. The number of fused-ring (bicyclic) bond motifs is 1. The number of benzene rings is 3. The van der Waals surface area contributed by atoms with Crippen molar-refractivity contribution in [2.75, 3.05) is 26.2 Å². The van der Waals surface area contributed by atoms with Crippen LogP contribution in [0.2, 0.25) is 0 Å². The summed E-state index contributed by atoms with van der Waals surface area (Å²) < 4.78 is 55.1. The van der Waals surface area contributed by atoms with Crippen LogP contribution in [0, 0.1) is 0 Å². The Bertz CT molecular complexity index is 1270. The summed E-state index contributed by atoms with van der Waals surface area (Å²) in [5.41, 5.74) is 0. The van der Waals surface area contributed by atoms with Crippen molar-refractivity contribution in [2.24, 2.45) is 0 Å². The third kappa shape index (κ3) is 3.85. The monoisotopic (exact) mass is 494 g/mol. The van der Waals surface area contributed by atoms with E-state index in [1.807, 2.05) is 24.3 Å². The van der Waals surface area contributed by atoms with Gasteiger partial charge in [0.05, 0.1) is 9.79 Å². The summed E-state index contributed by atoms with van der Waals surface area (Å²) in [6.45, 7) is 0.435. The van der Waals surface area contributed by atoms with Gasteiger partial charge in [0.15, 0.2) is 0 Å². The van der Waals surface area contributed by atoms with Gasteiger partial charge < -0.3 is 0 Å². The zero-order chi connectivity index (χ0) is 20.6. The number of hydrogen-bond donors (Lipinski definition) is 0. The normalized spacial score (nSPS) is 16.9. The van der Waals surface area contributed by atoms with E-state index in [0.29, 0.717) is 4.47 Å². The fourth-order valence-electron chi connectivity index (χ4n) is 3.42. The lowest BCUT2D eigenvalue weighted by Gasteiger charge is -2.33. The molecule has 0 radical (unpaired) electrons. The van der Waals surface area contributed by atoms with Gasteiger partial charge in [0.2, 0.25) is 20.0 Å². The standard InChI is InChI=1S/C20H19BrN2O4S2/c21-19-7-3-4-8-20(19)29(26,27)23-13-11-22(12-14-23)28(24,25)18-10-9-16-5-1-2-6-17(16)15-18/h1-10,15H,11-14H2. The molecule has 1 aliphatic heterocycles. The van der Waals surface area contributed by atoms with Crippen LogP contribution in [0.1, 0.15) is 0 Å². The Morgan fingerprint density at radius 1 is 0.655 bits per heavy atom. The van der Waals surface area contributed by atoms with Crippen molar-refractivity contribution in [1.29, 1.82) is 0 Å². The number of hydrogen-bond acceptors (Lipinski definition) is 4. The zero-order valence-corrected chi connectivity index (χ0v) is 18.6. The molecule has 0 atom stereocenters. The number of rotatable bonds is 4. The molecule has 6 nitrogen and oxygen atoms in total. The van der Waals surface area contributed by atoms with Crippen molar-refractivity contribution >= 4 is 46.7 Å². The topological polar surface area (TPSA) is 74.8 Å². The third-order valence-corrected chi connectivity index (χ3v) is 9.82. The Kier molecular flexibility index (Phi) is 5.52. The van der Waals surface area contributed by atoms with Crippen LogP contribution in [0.15, 0.2) is 81.0 Å². The summed E-state index contributed by atoms with van der Waals surface area (Å²) in [5, 5.41) is 1.82. The van der Waals surface area contributed by atoms with E-state index in [1.165, 1.54) is 14.7 Å². The molecular weight excluding hydrogens is 476 g/mol. The highest BCUT2D eigenvalue weighted by molar-refractivity contribution is 9.10. The van der Waals surface area contributed by atoms with Crippen molar-refractivity contribution in [3.8, 4) is 0 Å². The second-order valence-corrected chi connectivity index (χ2v) is 11.4. The summed E-state index contributed by atoms with van der Waals surface area (Å²) >= 11 is 3.28. The second kappa shape index (κ2) is 7.81. The highest BCUT2D eigenvalue weighted by Crippen LogP contribution is 2.27. The zero-order valence-electron chi connectivity index (χ0n) is 15.4. The van der Waals surface area contributed by atoms with Gasteiger partial charge in [-0.15, -0.1) is 0 Å². The van der Waals surface area contributed by atoms with Gasteiger partial charge in [-0.05, 0) is 51.0 Å². The first-order valence-electron chi connectivity index (χ1n) is 9.04. The van der Waals surface area contributed by atoms with Crippen LogP contribution < -0.4 is 0 Å². The summed E-state index contributed by atoms with van der Waals surface area (Å²) in [4.78, 5) is 0.407. The highest BCUT2D eigenvalue weighted by Gasteiger charge is 2.34. The molecule has 29 heavy (non-hydrogen) atoms. The SMILES string of the molecule is O=S(=O)(c1ccc2ccccc2c1)N1CCN(S(=O)(=O)c2ccccc2Br)CC1. The molecule has 0 aromatic heterocycles. The van der Waals surface area contributed by atoms with Gasteiger partial charge in [0.25, 0.3) is 0 Å². The van der Waals surface area contributed by atoms with E-state index in [2.05, 4.69) is 15.9 Å². The van der Waals surface area contributed by atoms with E-state index in [1.54, 1.807) is 36.4 Å². The predicted molar refractivity (Wildman–Crippen MR) is 116 cm³/mol. The minimum absolute atomic E-state index is 0.108. The van der Waals surface area contributed by atoms with Crippen molar-refractivity contribution in [1.82, 2.24) is 8.61 Å².